The van der Waals surface area contributed by atoms with Gasteiger partial charge in [0.2, 0.25) is 0 Å². The average Bonchev–Trinajstić information content (AvgIpc) is 2.64. The summed E-state index contributed by atoms with van der Waals surface area (Å²) in [6.07, 6.45) is 2.25. The first kappa shape index (κ1) is 8.79. The lowest BCUT2D eigenvalue weighted by atomic mass is 10.0. The zero-order chi connectivity index (χ0) is 9.97. The molecule has 2 aromatic rings. The highest BCUT2D eigenvalue weighted by molar-refractivity contribution is 5.79. The Balaban J connectivity index is 2.39. The van der Waals surface area contributed by atoms with Crippen LogP contribution in [0.3, 0.4) is 0 Å². The number of hydrogen-bond donors (Lipinski definition) is 2. The second-order valence-corrected chi connectivity index (χ2v) is 3.29. The summed E-state index contributed by atoms with van der Waals surface area (Å²) in [6.45, 7) is 0. The van der Waals surface area contributed by atoms with E-state index in [0.717, 1.165) is 16.5 Å². The molecule has 0 bridgehead atoms. The molecule has 3 nitrogen and oxygen atoms in total. The molecule has 0 fully saturated rings. The Morgan fingerprint density at radius 3 is 3.07 bits per heavy atom. The third-order valence-corrected chi connectivity index (χ3v) is 2.32. The molecule has 3 N–H and O–H groups in total. The molecule has 1 aromatic heterocycles. The number of nitriles is 1. The van der Waals surface area contributed by atoms with Gasteiger partial charge in [-0.25, -0.2) is 0 Å². The Kier molecular flexibility index (Phi) is 2.21. The standard InChI is InChI=1S/C11H11N3/c12-5-3-10(13)9-2-1-8-4-6-14-11(8)7-9/h1-2,4,6-7,10,14H,3,13H2. The van der Waals surface area contributed by atoms with Gasteiger partial charge in [-0.15, -0.1) is 0 Å². The molecule has 1 heterocycles. The average molecular weight is 185 g/mol. The van der Waals surface area contributed by atoms with Gasteiger partial charge in [0.1, 0.15) is 0 Å². The monoisotopic (exact) mass is 185 g/mol. The number of benzene rings is 1. The SMILES string of the molecule is N#CCC(N)c1ccc2cc[nH]c2c1. The van der Waals surface area contributed by atoms with Crippen molar-refractivity contribution < 1.29 is 0 Å². The third kappa shape index (κ3) is 1.48. The molecule has 1 unspecified atom stereocenters. The lowest BCUT2D eigenvalue weighted by Gasteiger charge is -2.07. The van der Waals surface area contributed by atoms with Gasteiger partial charge in [0.05, 0.1) is 12.5 Å². The first-order valence-corrected chi connectivity index (χ1v) is 4.51. The van der Waals surface area contributed by atoms with Crippen molar-refractivity contribution in [2.75, 3.05) is 0 Å². The van der Waals surface area contributed by atoms with Gasteiger partial charge in [-0.1, -0.05) is 12.1 Å². The molecule has 0 aliphatic heterocycles. The highest BCUT2D eigenvalue weighted by Gasteiger charge is 2.05. The molecule has 0 saturated heterocycles. The number of hydrogen-bond acceptors (Lipinski definition) is 2. The van der Waals surface area contributed by atoms with E-state index in [-0.39, 0.29) is 6.04 Å². The predicted octanol–water partition coefficient (Wildman–Crippen LogP) is 2.08. The van der Waals surface area contributed by atoms with Crippen LogP contribution in [0.25, 0.3) is 10.9 Å². The van der Waals surface area contributed by atoms with E-state index in [4.69, 9.17) is 11.0 Å². The van der Waals surface area contributed by atoms with Crippen LogP contribution in [0, 0.1) is 11.3 Å². The van der Waals surface area contributed by atoms with E-state index in [9.17, 15) is 0 Å². The number of H-pyrrole nitrogens is 1. The maximum absolute atomic E-state index is 8.53. The first-order chi connectivity index (χ1) is 6.81. The van der Waals surface area contributed by atoms with Crippen molar-refractivity contribution >= 4 is 10.9 Å². The number of aromatic amines is 1. The fourth-order valence-electron chi connectivity index (χ4n) is 1.51. The third-order valence-electron chi connectivity index (χ3n) is 2.32. The Hall–Kier alpha value is -1.79. The fourth-order valence-corrected chi connectivity index (χ4v) is 1.51. The number of nitrogens with one attached hydrogen (secondary N) is 1. The Bertz CT molecular complexity index is 478. The maximum Gasteiger partial charge on any atom is 0.0641 e. The summed E-state index contributed by atoms with van der Waals surface area (Å²) in [5, 5.41) is 9.70. The predicted molar refractivity (Wildman–Crippen MR) is 55.5 cm³/mol. The second kappa shape index (κ2) is 3.52. The van der Waals surface area contributed by atoms with Crippen LogP contribution in [-0.2, 0) is 0 Å². The summed E-state index contributed by atoms with van der Waals surface area (Å²) in [5.41, 5.74) is 7.90. The summed E-state index contributed by atoms with van der Waals surface area (Å²) in [6, 6.07) is 9.87. The lowest BCUT2D eigenvalue weighted by Crippen LogP contribution is -2.08. The highest BCUT2D eigenvalue weighted by atomic mass is 14.7. The zero-order valence-electron chi connectivity index (χ0n) is 7.70. The van der Waals surface area contributed by atoms with Crippen LogP contribution in [0.4, 0.5) is 0 Å². The molecule has 70 valence electrons. The van der Waals surface area contributed by atoms with Gasteiger partial charge in [0.25, 0.3) is 0 Å². The summed E-state index contributed by atoms with van der Waals surface area (Å²) in [4.78, 5) is 3.12. The van der Waals surface area contributed by atoms with E-state index in [1.54, 1.807) is 0 Å². The van der Waals surface area contributed by atoms with Gasteiger partial charge in [0.15, 0.2) is 0 Å². The normalized spacial score (nSPS) is 12.6. The molecular formula is C11H11N3. The number of rotatable bonds is 2. The van der Waals surface area contributed by atoms with Crippen LogP contribution in [0.5, 0.6) is 0 Å². The molecule has 0 aliphatic rings. The van der Waals surface area contributed by atoms with Crippen LogP contribution in [0.15, 0.2) is 30.5 Å². The van der Waals surface area contributed by atoms with Crippen molar-refractivity contribution in [3.8, 4) is 6.07 Å². The first-order valence-electron chi connectivity index (χ1n) is 4.51. The van der Waals surface area contributed by atoms with Crippen molar-refractivity contribution in [1.29, 1.82) is 5.26 Å². The van der Waals surface area contributed by atoms with Crippen LogP contribution in [0.1, 0.15) is 18.0 Å². The molecular weight excluding hydrogens is 174 g/mol. The Morgan fingerprint density at radius 2 is 2.29 bits per heavy atom. The zero-order valence-corrected chi connectivity index (χ0v) is 7.70. The molecule has 0 amide bonds. The van der Waals surface area contributed by atoms with E-state index in [1.165, 1.54) is 0 Å². The van der Waals surface area contributed by atoms with Gasteiger partial charge in [-0.2, -0.15) is 5.26 Å². The molecule has 14 heavy (non-hydrogen) atoms. The topological polar surface area (TPSA) is 65.6 Å². The van der Waals surface area contributed by atoms with Crippen LogP contribution >= 0.6 is 0 Å². The van der Waals surface area contributed by atoms with Gasteiger partial charge >= 0.3 is 0 Å². The number of aromatic nitrogens is 1. The molecule has 2 rings (SSSR count). The number of nitrogens with zero attached hydrogens (tertiary/aromatic N) is 1. The van der Waals surface area contributed by atoms with Gasteiger partial charge in [-0.3, -0.25) is 0 Å². The van der Waals surface area contributed by atoms with Crippen LogP contribution < -0.4 is 5.73 Å². The fraction of sp³-hybridized carbons (Fsp3) is 0.182. The van der Waals surface area contributed by atoms with E-state index >= 15 is 0 Å². The highest BCUT2D eigenvalue weighted by Crippen LogP contribution is 2.19. The van der Waals surface area contributed by atoms with Crippen molar-refractivity contribution in [3.05, 3.63) is 36.0 Å². The minimum Gasteiger partial charge on any atom is -0.361 e. The lowest BCUT2D eigenvalue weighted by molar-refractivity contribution is 0.749. The Morgan fingerprint density at radius 1 is 1.43 bits per heavy atom. The molecule has 0 spiro atoms. The van der Waals surface area contributed by atoms with E-state index in [2.05, 4.69) is 11.1 Å². The molecule has 1 aromatic carbocycles. The van der Waals surface area contributed by atoms with Crippen molar-refractivity contribution in [2.24, 2.45) is 5.73 Å². The van der Waals surface area contributed by atoms with Crippen LogP contribution in [-0.4, -0.2) is 4.98 Å². The van der Waals surface area contributed by atoms with E-state index in [0.29, 0.717) is 6.42 Å². The maximum atomic E-state index is 8.53. The minimum absolute atomic E-state index is 0.187. The largest absolute Gasteiger partial charge is 0.361 e. The van der Waals surface area contributed by atoms with Gasteiger partial charge in [-0.05, 0) is 23.1 Å². The van der Waals surface area contributed by atoms with Gasteiger partial charge in [0, 0.05) is 17.8 Å². The number of fused-ring (bicyclic) bond motifs is 1. The molecule has 1 atom stereocenters. The van der Waals surface area contributed by atoms with Crippen molar-refractivity contribution in [2.45, 2.75) is 12.5 Å². The molecule has 0 saturated carbocycles. The Labute approximate surface area is 82.1 Å². The molecule has 3 heteroatoms. The summed E-state index contributed by atoms with van der Waals surface area (Å²) in [5.74, 6) is 0. The number of nitrogens with two attached hydrogens (primary N) is 1. The summed E-state index contributed by atoms with van der Waals surface area (Å²) < 4.78 is 0. The van der Waals surface area contributed by atoms with Gasteiger partial charge < -0.3 is 10.7 Å². The van der Waals surface area contributed by atoms with Crippen LogP contribution in [0.2, 0.25) is 0 Å². The summed E-state index contributed by atoms with van der Waals surface area (Å²) in [7, 11) is 0. The van der Waals surface area contributed by atoms with E-state index < -0.39 is 0 Å². The second-order valence-electron chi connectivity index (χ2n) is 3.29. The smallest absolute Gasteiger partial charge is 0.0641 e. The molecule has 0 aliphatic carbocycles. The summed E-state index contributed by atoms with van der Waals surface area (Å²) >= 11 is 0. The van der Waals surface area contributed by atoms with E-state index in [1.807, 2.05) is 30.5 Å². The quantitative estimate of drug-likeness (QED) is 0.752. The van der Waals surface area contributed by atoms with Crippen molar-refractivity contribution in [1.82, 2.24) is 4.98 Å². The van der Waals surface area contributed by atoms with Crippen molar-refractivity contribution in [3.63, 3.8) is 0 Å². The molecule has 0 radical (unpaired) electrons. The minimum atomic E-state index is -0.187.